The molecule has 0 unspecified atom stereocenters. The highest BCUT2D eigenvalue weighted by molar-refractivity contribution is 5.42. The highest BCUT2D eigenvalue weighted by Crippen LogP contribution is 2.12. The standard InChI is InChI=1S/C15H15N3O2/c1-11-9-14(19)18(15(20)13(11)10-16)8-7-17-12-5-3-2-4-6-12/h2-6,9,17,19H,7-8H2,1H3. The highest BCUT2D eigenvalue weighted by atomic mass is 16.3. The number of nitrogens with zero attached hydrogens (tertiary/aromatic N) is 2. The van der Waals surface area contributed by atoms with Crippen molar-refractivity contribution in [1.82, 2.24) is 4.57 Å². The van der Waals surface area contributed by atoms with Crippen LogP contribution in [0.1, 0.15) is 11.1 Å². The van der Waals surface area contributed by atoms with Crippen LogP contribution in [0.4, 0.5) is 5.69 Å². The van der Waals surface area contributed by atoms with Gasteiger partial charge >= 0.3 is 0 Å². The minimum atomic E-state index is -0.458. The first kappa shape index (κ1) is 13.7. The Morgan fingerprint density at radius 1 is 1.35 bits per heavy atom. The molecule has 102 valence electrons. The molecule has 1 aromatic carbocycles. The summed E-state index contributed by atoms with van der Waals surface area (Å²) in [7, 11) is 0. The fraction of sp³-hybridized carbons (Fsp3) is 0.200. The van der Waals surface area contributed by atoms with Crippen LogP contribution in [0.25, 0.3) is 0 Å². The summed E-state index contributed by atoms with van der Waals surface area (Å²) >= 11 is 0. The van der Waals surface area contributed by atoms with E-state index in [2.05, 4.69) is 5.32 Å². The molecule has 2 N–H and O–H groups in total. The summed E-state index contributed by atoms with van der Waals surface area (Å²) in [5.41, 5.74) is 1.04. The van der Waals surface area contributed by atoms with Gasteiger partial charge in [0.25, 0.3) is 5.56 Å². The molecule has 0 spiro atoms. The number of hydrogen-bond donors (Lipinski definition) is 2. The van der Waals surface area contributed by atoms with E-state index in [0.29, 0.717) is 12.1 Å². The largest absolute Gasteiger partial charge is 0.494 e. The lowest BCUT2D eigenvalue weighted by atomic mass is 10.1. The zero-order chi connectivity index (χ0) is 14.5. The lowest BCUT2D eigenvalue weighted by Gasteiger charge is -2.11. The van der Waals surface area contributed by atoms with Crippen LogP contribution in [0.3, 0.4) is 0 Å². The molecule has 0 bridgehead atoms. The van der Waals surface area contributed by atoms with Gasteiger partial charge in [0.2, 0.25) is 0 Å². The molecule has 0 saturated carbocycles. The monoisotopic (exact) mass is 269 g/mol. The van der Waals surface area contributed by atoms with Crippen molar-refractivity contribution < 1.29 is 5.11 Å². The second kappa shape index (κ2) is 5.93. The molecule has 2 rings (SSSR count). The molecule has 0 aliphatic carbocycles. The summed E-state index contributed by atoms with van der Waals surface area (Å²) in [5, 5.41) is 21.9. The predicted octanol–water partition coefficient (Wildman–Crippen LogP) is 1.85. The highest BCUT2D eigenvalue weighted by Gasteiger charge is 2.11. The predicted molar refractivity (Wildman–Crippen MR) is 76.8 cm³/mol. The van der Waals surface area contributed by atoms with Crippen molar-refractivity contribution >= 4 is 5.69 Å². The van der Waals surface area contributed by atoms with Crippen LogP contribution in [0.2, 0.25) is 0 Å². The molecule has 1 aromatic heterocycles. The molecule has 20 heavy (non-hydrogen) atoms. The third-order valence-corrected chi connectivity index (χ3v) is 3.03. The van der Waals surface area contributed by atoms with Crippen LogP contribution in [-0.2, 0) is 6.54 Å². The van der Waals surface area contributed by atoms with Crippen LogP contribution in [-0.4, -0.2) is 16.2 Å². The molecular formula is C15H15N3O2. The SMILES string of the molecule is Cc1cc(O)n(CCNc2ccccc2)c(=O)c1C#N. The summed E-state index contributed by atoms with van der Waals surface area (Å²) < 4.78 is 1.20. The minimum absolute atomic E-state index is 0.0718. The van der Waals surface area contributed by atoms with Gasteiger partial charge in [-0.25, -0.2) is 0 Å². The van der Waals surface area contributed by atoms with Crippen molar-refractivity contribution in [3.05, 3.63) is 57.9 Å². The lowest BCUT2D eigenvalue weighted by Crippen LogP contribution is -2.26. The summed E-state index contributed by atoms with van der Waals surface area (Å²) in [6, 6.07) is 12.9. The van der Waals surface area contributed by atoms with E-state index in [1.165, 1.54) is 10.6 Å². The average Bonchev–Trinajstić information content (AvgIpc) is 2.44. The van der Waals surface area contributed by atoms with Gasteiger partial charge in [0, 0.05) is 24.8 Å². The number of anilines is 1. The van der Waals surface area contributed by atoms with Gasteiger partial charge in [-0.1, -0.05) is 18.2 Å². The van der Waals surface area contributed by atoms with Crippen molar-refractivity contribution in [3.8, 4) is 11.9 Å². The Morgan fingerprint density at radius 3 is 2.70 bits per heavy atom. The third-order valence-electron chi connectivity index (χ3n) is 3.03. The van der Waals surface area contributed by atoms with E-state index >= 15 is 0 Å². The number of para-hydroxylation sites is 1. The van der Waals surface area contributed by atoms with E-state index in [0.717, 1.165) is 5.69 Å². The fourth-order valence-corrected chi connectivity index (χ4v) is 1.97. The molecule has 5 nitrogen and oxygen atoms in total. The van der Waals surface area contributed by atoms with Gasteiger partial charge in [-0.3, -0.25) is 9.36 Å². The Hall–Kier alpha value is -2.74. The van der Waals surface area contributed by atoms with Crippen molar-refractivity contribution in [1.29, 1.82) is 5.26 Å². The Balaban J connectivity index is 2.15. The maximum atomic E-state index is 12.0. The van der Waals surface area contributed by atoms with Crippen molar-refractivity contribution in [3.63, 3.8) is 0 Å². The summed E-state index contributed by atoms with van der Waals surface area (Å²) in [5.74, 6) is -0.124. The smallest absolute Gasteiger partial charge is 0.271 e. The number of aromatic hydroxyl groups is 1. The molecule has 0 amide bonds. The summed E-state index contributed by atoms with van der Waals surface area (Å²) in [6.45, 7) is 2.40. The lowest BCUT2D eigenvalue weighted by molar-refractivity contribution is 0.408. The van der Waals surface area contributed by atoms with Crippen LogP contribution in [0.5, 0.6) is 5.88 Å². The van der Waals surface area contributed by atoms with E-state index in [-0.39, 0.29) is 18.0 Å². The van der Waals surface area contributed by atoms with Crippen molar-refractivity contribution in [2.45, 2.75) is 13.5 Å². The van der Waals surface area contributed by atoms with Crippen molar-refractivity contribution in [2.75, 3.05) is 11.9 Å². The van der Waals surface area contributed by atoms with E-state index in [1.807, 2.05) is 36.4 Å². The van der Waals surface area contributed by atoms with Gasteiger partial charge in [-0.15, -0.1) is 0 Å². The van der Waals surface area contributed by atoms with E-state index in [4.69, 9.17) is 5.26 Å². The molecular weight excluding hydrogens is 254 g/mol. The van der Waals surface area contributed by atoms with Crippen LogP contribution >= 0.6 is 0 Å². The zero-order valence-corrected chi connectivity index (χ0v) is 11.1. The molecule has 0 saturated heterocycles. The van der Waals surface area contributed by atoms with Gasteiger partial charge in [-0.05, 0) is 24.6 Å². The van der Waals surface area contributed by atoms with Gasteiger partial charge in [0.05, 0.1) is 0 Å². The number of rotatable bonds is 4. The first-order valence-corrected chi connectivity index (χ1v) is 6.26. The van der Waals surface area contributed by atoms with E-state index < -0.39 is 5.56 Å². The quantitative estimate of drug-likeness (QED) is 0.887. The second-order valence-corrected chi connectivity index (χ2v) is 4.42. The molecule has 2 aromatic rings. The first-order chi connectivity index (χ1) is 9.63. The molecule has 5 heteroatoms. The number of hydrogen-bond acceptors (Lipinski definition) is 4. The topological polar surface area (TPSA) is 78.0 Å². The van der Waals surface area contributed by atoms with Crippen LogP contribution in [0, 0.1) is 18.3 Å². The number of nitrogens with one attached hydrogen (secondary N) is 1. The van der Waals surface area contributed by atoms with Gasteiger partial charge in [0.1, 0.15) is 11.6 Å². The second-order valence-electron chi connectivity index (χ2n) is 4.42. The Bertz CT molecular complexity index is 700. The average molecular weight is 269 g/mol. The van der Waals surface area contributed by atoms with Crippen LogP contribution in [0.15, 0.2) is 41.2 Å². The molecule has 0 fully saturated rings. The number of nitriles is 1. The summed E-state index contributed by atoms with van der Waals surface area (Å²) in [4.78, 5) is 12.0. The van der Waals surface area contributed by atoms with Crippen molar-refractivity contribution in [2.24, 2.45) is 0 Å². The maximum Gasteiger partial charge on any atom is 0.271 e. The fourth-order valence-electron chi connectivity index (χ4n) is 1.97. The number of aromatic nitrogens is 1. The number of aryl methyl sites for hydroxylation is 1. The third kappa shape index (κ3) is 2.81. The van der Waals surface area contributed by atoms with Gasteiger partial charge < -0.3 is 10.4 Å². The normalized spacial score (nSPS) is 10.0. The van der Waals surface area contributed by atoms with Gasteiger partial charge in [0.15, 0.2) is 5.88 Å². The molecule has 0 aliphatic heterocycles. The Labute approximate surface area is 116 Å². The molecule has 0 aliphatic rings. The summed E-state index contributed by atoms with van der Waals surface area (Å²) in [6.07, 6.45) is 0. The number of benzene rings is 1. The Morgan fingerprint density at radius 2 is 2.05 bits per heavy atom. The maximum absolute atomic E-state index is 12.0. The minimum Gasteiger partial charge on any atom is -0.494 e. The van der Waals surface area contributed by atoms with Crippen LogP contribution < -0.4 is 10.9 Å². The van der Waals surface area contributed by atoms with E-state index in [9.17, 15) is 9.90 Å². The number of pyridine rings is 1. The molecule has 0 atom stereocenters. The Kier molecular flexibility index (Phi) is 4.06. The van der Waals surface area contributed by atoms with E-state index in [1.54, 1.807) is 6.92 Å². The first-order valence-electron chi connectivity index (χ1n) is 6.26. The molecule has 1 heterocycles. The molecule has 0 radical (unpaired) electrons. The van der Waals surface area contributed by atoms with Gasteiger partial charge in [-0.2, -0.15) is 5.26 Å². The zero-order valence-electron chi connectivity index (χ0n) is 11.1.